The molecule has 0 saturated carbocycles. The number of carbonyl (C=O) groups is 2. The standard InChI is InChI=1S/C22H21ClN4O2/c1-14-19(15(2)27(26-14)18-7-5-4-6-8-18)10-12-22(29)25-21-13-17(24-16(3)28)9-11-20(21)23/h4-13H,1-3H3,(H,24,28)(H,25,29)/b12-10+. The van der Waals surface area contributed by atoms with Gasteiger partial charge >= 0.3 is 0 Å². The molecule has 0 fully saturated rings. The van der Waals surface area contributed by atoms with E-state index in [4.69, 9.17) is 11.6 Å². The maximum atomic E-state index is 12.4. The quantitative estimate of drug-likeness (QED) is 0.598. The van der Waals surface area contributed by atoms with Crippen LogP contribution in [0.25, 0.3) is 11.8 Å². The van der Waals surface area contributed by atoms with E-state index in [1.54, 1.807) is 24.3 Å². The van der Waals surface area contributed by atoms with Crippen molar-refractivity contribution in [2.24, 2.45) is 0 Å². The fourth-order valence-electron chi connectivity index (χ4n) is 2.95. The second kappa shape index (κ2) is 8.75. The Morgan fingerprint density at radius 1 is 1.07 bits per heavy atom. The van der Waals surface area contributed by atoms with Gasteiger partial charge in [-0.05, 0) is 50.3 Å². The van der Waals surface area contributed by atoms with Crippen LogP contribution in [-0.2, 0) is 9.59 Å². The lowest BCUT2D eigenvalue weighted by Gasteiger charge is -2.08. The van der Waals surface area contributed by atoms with Gasteiger partial charge in [0.05, 0.1) is 22.1 Å². The zero-order chi connectivity index (χ0) is 21.0. The lowest BCUT2D eigenvalue weighted by molar-refractivity contribution is -0.114. The molecule has 6 nitrogen and oxygen atoms in total. The number of carbonyl (C=O) groups excluding carboxylic acids is 2. The topological polar surface area (TPSA) is 76.0 Å². The maximum Gasteiger partial charge on any atom is 0.248 e. The monoisotopic (exact) mass is 408 g/mol. The van der Waals surface area contributed by atoms with Gasteiger partial charge in [-0.1, -0.05) is 29.8 Å². The summed E-state index contributed by atoms with van der Waals surface area (Å²) in [7, 11) is 0. The van der Waals surface area contributed by atoms with Crippen LogP contribution in [0, 0.1) is 13.8 Å². The van der Waals surface area contributed by atoms with Crippen molar-refractivity contribution >= 4 is 40.9 Å². The fourth-order valence-corrected chi connectivity index (χ4v) is 3.12. The van der Waals surface area contributed by atoms with Crippen LogP contribution in [0.2, 0.25) is 5.02 Å². The Morgan fingerprint density at radius 2 is 1.79 bits per heavy atom. The minimum absolute atomic E-state index is 0.203. The van der Waals surface area contributed by atoms with E-state index in [1.807, 2.05) is 48.9 Å². The van der Waals surface area contributed by atoms with Gasteiger partial charge in [0.15, 0.2) is 0 Å². The number of aryl methyl sites for hydroxylation is 1. The van der Waals surface area contributed by atoms with E-state index in [1.165, 1.54) is 13.0 Å². The molecule has 0 saturated heterocycles. The Kier molecular flexibility index (Phi) is 6.14. The molecule has 0 radical (unpaired) electrons. The Balaban J connectivity index is 1.78. The molecular weight excluding hydrogens is 388 g/mol. The zero-order valence-electron chi connectivity index (χ0n) is 16.4. The molecule has 1 aromatic heterocycles. The minimum atomic E-state index is -0.335. The number of hydrogen-bond acceptors (Lipinski definition) is 3. The summed E-state index contributed by atoms with van der Waals surface area (Å²) in [5.41, 5.74) is 4.56. The molecule has 7 heteroatoms. The van der Waals surface area contributed by atoms with Crippen LogP contribution < -0.4 is 10.6 Å². The fraction of sp³-hybridized carbons (Fsp3) is 0.136. The number of nitrogens with one attached hydrogen (secondary N) is 2. The summed E-state index contributed by atoms with van der Waals surface area (Å²) in [5.74, 6) is -0.538. The predicted molar refractivity (Wildman–Crippen MR) is 116 cm³/mol. The Bertz CT molecular complexity index is 1090. The molecule has 0 unspecified atom stereocenters. The van der Waals surface area contributed by atoms with Crippen LogP contribution in [0.3, 0.4) is 0 Å². The normalized spacial score (nSPS) is 10.9. The highest BCUT2D eigenvalue weighted by molar-refractivity contribution is 6.34. The van der Waals surface area contributed by atoms with E-state index < -0.39 is 0 Å². The van der Waals surface area contributed by atoms with Gasteiger partial charge in [-0.2, -0.15) is 5.10 Å². The highest BCUT2D eigenvalue weighted by Gasteiger charge is 2.11. The van der Waals surface area contributed by atoms with E-state index >= 15 is 0 Å². The second-order valence-electron chi connectivity index (χ2n) is 6.53. The summed E-state index contributed by atoms with van der Waals surface area (Å²) in [4.78, 5) is 23.6. The van der Waals surface area contributed by atoms with Crippen molar-refractivity contribution in [1.29, 1.82) is 0 Å². The molecule has 0 aliphatic heterocycles. The molecule has 0 aliphatic rings. The van der Waals surface area contributed by atoms with Gasteiger partial charge in [0.25, 0.3) is 0 Å². The van der Waals surface area contributed by atoms with Crippen molar-refractivity contribution in [2.75, 3.05) is 10.6 Å². The molecular formula is C22H21ClN4O2. The number of rotatable bonds is 5. The van der Waals surface area contributed by atoms with Crippen molar-refractivity contribution in [2.45, 2.75) is 20.8 Å². The SMILES string of the molecule is CC(=O)Nc1ccc(Cl)c(NC(=O)/C=C/c2c(C)nn(-c3ccccc3)c2C)c1. The van der Waals surface area contributed by atoms with Crippen molar-refractivity contribution in [3.8, 4) is 5.69 Å². The first-order valence-corrected chi connectivity index (χ1v) is 9.41. The molecule has 3 aromatic rings. The van der Waals surface area contributed by atoms with Crippen LogP contribution >= 0.6 is 11.6 Å². The highest BCUT2D eigenvalue weighted by atomic mass is 35.5. The number of aromatic nitrogens is 2. The van der Waals surface area contributed by atoms with Gasteiger partial charge in [0, 0.05) is 29.9 Å². The number of amides is 2. The molecule has 2 amide bonds. The number of benzene rings is 2. The molecule has 29 heavy (non-hydrogen) atoms. The lowest BCUT2D eigenvalue weighted by atomic mass is 10.2. The molecule has 2 N–H and O–H groups in total. The van der Waals surface area contributed by atoms with Gasteiger partial charge in [-0.15, -0.1) is 0 Å². The molecule has 0 aliphatic carbocycles. The lowest BCUT2D eigenvalue weighted by Crippen LogP contribution is -2.10. The number of halogens is 1. The van der Waals surface area contributed by atoms with E-state index in [-0.39, 0.29) is 11.8 Å². The summed E-state index contributed by atoms with van der Waals surface area (Å²) in [6, 6.07) is 14.7. The summed E-state index contributed by atoms with van der Waals surface area (Å²) in [5, 5.41) is 10.3. The molecule has 1 heterocycles. The van der Waals surface area contributed by atoms with Crippen molar-refractivity contribution < 1.29 is 9.59 Å². The first kappa shape index (κ1) is 20.4. The number of nitrogens with zero attached hydrogens (tertiary/aromatic N) is 2. The molecule has 0 atom stereocenters. The van der Waals surface area contributed by atoms with Crippen molar-refractivity contribution in [3.63, 3.8) is 0 Å². The summed E-state index contributed by atoms with van der Waals surface area (Å²) in [6.45, 7) is 5.27. The number of anilines is 2. The zero-order valence-corrected chi connectivity index (χ0v) is 17.1. The maximum absolute atomic E-state index is 12.4. The Morgan fingerprint density at radius 3 is 2.48 bits per heavy atom. The Hall–Kier alpha value is -3.38. The highest BCUT2D eigenvalue weighted by Crippen LogP contribution is 2.26. The van der Waals surface area contributed by atoms with E-state index in [0.29, 0.717) is 16.4 Å². The summed E-state index contributed by atoms with van der Waals surface area (Å²) >= 11 is 6.15. The molecule has 0 spiro atoms. The molecule has 3 rings (SSSR count). The van der Waals surface area contributed by atoms with E-state index in [2.05, 4.69) is 15.7 Å². The average molecular weight is 409 g/mol. The van der Waals surface area contributed by atoms with Crippen molar-refractivity contribution in [1.82, 2.24) is 9.78 Å². The second-order valence-corrected chi connectivity index (χ2v) is 6.94. The summed E-state index contributed by atoms with van der Waals surface area (Å²) in [6.07, 6.45) is 3.17. The summed E-state index contributed by atoms with van der Waals surface area (Å²) < 4.78 is 1.85. The van der Waals surface area contributed by atoms with Gasteiger partial charge in [0.1, 0.15) is 0 Å². The first-order valence-electron chi connectivity index (χ1n) is 9.03. The third-order valence-electron chi connectivity index (χ3n) is 4.29. The first-order chi connectivity index (χ1) is 13.8. The van der Waals surface area contributed by atoms with Crippen LogP contribution in [-0.4, -0.2) is 21.6 Å². The molecule has 2 aromatic carbocycles. The minimum Gasteiger partial charge on any atom is -0.326 e. The number of hydrogen-bond donors (Lipinski definition) is 2. The largest absolute Gasteiger partial charge is 0.326 e. The molecule has 0 bridgehead atoms. The van der Waals surface area contributed by atoms with Gasteiger partial charge in [-0.25, -0.2) is 4.68 Å². The van der Waals surface area contributed by atoms with Gasteiger partial charge < -0.3 is 10.6 Å². The van der Waals surface area contributed by atoms with Crippen LogP contribution in [0.4, 0.5) is 11.4 Å². The van der Waals surface area contributed by atoms with Crippen LogP contribution in [0.15, 0.2) is 54.6 Å². The van der Waals surface area contributed by atoms with Crippen LogP contribution in [0.5, 0.6) is 0 Å². The van der Waals surface area contributed by atoms with E-state index in [0.717, 1.165) is 22.6 Å². The average Bonchev–Trinajstić information content (AvgIpc) is 2.97. The molecule has 148 valence electrons. The number of para-hydroxylation sites is 1. The van der Waals surface area contributed by atoms with Crippen molar-refractivity contribution in [3.05, 3.63) is 76.6 Å². The third-order valence-corrected chi connectivity index (χ3v) is 4.62. The third kappa shape index (κ3) is 4.92. The van der Waals surface area contributed by atoms with Gasteiger partial charge in [-0.3, -0.25) is 9.59 Å². The smallest absolute Gasteiger partial charge is 0.248 e. The van der Waals surface area contributed by atoms with Crippen LogP contribution in [0.1, 0.15) is 23.9 Å². The van der Waals surface area contributed by atoms with Gasteiger partial charge in [0.2, 0.25) is 11.8 Å². The predicted octanol–water partition coefficient (Wildman–Crippen LogP) is 4.75. The Labute approximate surface area is 174 Å². The van der Waals surface area contributed by atoms with E-state index in [9.17, 15) is 9.59 Å².